The summed E-state index contributed by atoms with van der Waals surface area (Å²) < 4.78 is 28.5. The van der Waals surface area contributed by atoms with Gasteiger partial charge in [-0.15, -0.1) is 11.3 Å². The number of rotatable bonds is 11. The second-order valence-corrected chi connectivity index (χ2v) is 11.6. The van der Waals surface area contributed by atoms with Gasteiger partial charge in [0.2, 0.25) is 0 Å². The predicted molar refractivity (Wildman–Crippen MR) is 141 cm³/mol. The van der Waals surface area contributed by atoms with Crippen LogP contribution in [-0.4, -0.2) is 18.2 Å². The van der Waals surface area contributed by atoms with Crippen molar-refractivity contribution in [2.75, 3.05) is 0 Å². The van der Waals surface area contributed by atoms with Crippen LogP contribution in [0.25, 0.3) is 16.3 Å². The van der Waals surface area contributed by atoms with Gasteiger partial charge in [-0.25, -0.2) is 13.1 Å². The third kappa shape index (κ3) is 5.86. The van der Waals surface area contributed by atoms with Gasteiger partial charge in [0.05, 0.1) is 26.9 Å². The van der Waals surface area contributed by atoms with Crippen molar-refractivity contribution in [3.8, 4) is 16.3 Å². The molecule has 4 aromatic rings. The van der Waals surface area contributed by atoms with Crippen molar-refractivity contribution in [3.63, 3.8) is 0 Å². The molecule has 0 spiro atoms. The van der Waals surface area contributed by atoms with Crippen LogP contribution in [0.4, 0.5) is 0 Å². The quantitative estimate of drug-likeness (QED) is 0.221. The number of hydrogen-bond acceptors (Lipinski definition) is 4. The van der Waals surface area contributed by atoms with Crippen LogP contribution in [0, 0.1) is 0 Å². The minimum atomic E-state index is -3.51. The zero-order valence-electron chi connectivity index (χ0n) is 19.9. The molecule has 0 atom stereocenters. The Hall–Kier alpha value is -2.70. The van der Waals surface area contributed by atoms with E-state index in [2.05, 4.69) is 26.0 Å². The van der Waals surface area contributed by atoms with E-state index in [1.54, 1.807) is 28.2 Å². The standard InChI is InChI=1S/C28H32N2O2S2/c1-3-5-8-22-11-15-24(16-12-22)30-25(20-27(29-30)28-10-7-19-33-28)21-34(31,32)26-17-13-23(14-18-26)9-6-4-2/h7,10-20H,3-6,8-9,21H2,1-2H3. The topological polar surface area (TPSA) is 52.0 Å². The zero-order valence-corrected chi connectivity index (χ0v) is 21.5. The number of thiophene rings is 1. The molecule has 178 valence electrons. The Balaban J connectivity index is 1.65. The fourth-order valence-corrected chi connectivity index (χ4v) is 5.99. The summed E-state index contributed by atoms with van der Waals surface area (Å²) in [6.45, 7) is 4.35. The summed E-state index contributed by atoms with van der Waals surface area (Å²) in [6, 6.07) is 21.6. The second-order valence-electron chi connectivity index (χ2n) is 8.69. The van der Waals surface area contributed by atoms with Gasteiger partial charge in [-0.05, 0) is 78.6 Å². The molecule has 2 aromatic carbocycles. The van der Waals surface area contributed by atoms with Crippen molar-refractivity contribution in [2.45, 2.75) is 63.0 Å². The Kier molecular flexibility index (Phi) is 8.01. The van der Waals surface area contributed by atoms with Gasteiger partial charge >= 0.3 is 0 Å². The monoisotopic (exact) mass is 492 g/mol. The highest BCUT2D eigenvalue weighted by Crippen LogP contribution is 2.28. The van der Waals surface area contributed by atoms with Crippen LogP contribution < -0.4 is 0 Å². The first-order valence-electron chi connectivity index (χ1n) is 12.0. The summed E-state index contributed by atoms with van der Waals surface area (Å²) in [5, 5.41) is 6.81. The molecule has 4 rings (SSSR count). The van der Waals surface area contributed by atoms with Gasteiger partial charge in [0, 0.05) is 0 Å². The first kappa shape index (κ1) is 24.4. The van der Waals surface area contributed by atoms with Crippen LogP contribution in [0.2, 0.25) is 0 Å². The van der Waals surface area contributed by atoms with E-state index in [4.69, 9.17) is 5.10 Å². The molecular formula is C28H32N2O2S2. The van der Waals surface area contributed by atoms with Crippen molar-refractivity contribution in [2.24, 2.45) is 0 Å². The number of unbranched alkanes of at least 4 members (excludes halogenated alkanes) is 2. The molecule has 0 aliphatic carbocycles. The van der Waals surface area contributed by atoms with Gasteiger partial charge in [-0.3, -0.25) is 0 Å². The maximum atomic E-state index is 13.3. The summed E-state index contributed by atoms with van der Waals surface area (Å²) in [6.07, 6.45) is 6.56. The summed E-state index contributed by atoms with van der Waals surface area (Å²) in [7, 11) is -3.51. The van der Waals surface area contributed by atoms with E-state index in [1.807, 2.05) is 47.8 Å². The third-order valence-corrected chi connectivity index (χ3v) is 8.55. The van der Waals surface area contributed by atoms with Crippen LogP contribution >= 0.6 is 11.3 Å². The molecule has 34 heavy (non-hydrogen) atoms. The minimum absolute atomic E-state index is 0.0999. The smallest absolute Gasteiger partial charge is 0.184 e. The van der Waals surface area contributed by atoms with Gasteiger partial charge in [0.1, 0.15) is 5.69 Å². The first-order valence-corrected chi connectivity index (χ1v) is 14.6. The minimum Gasteiger partial charge on any atom is -0.236 e. The Morgan fingerprint density at radius 3 is 2.03 bits per heavy atom. The number of aromatic nitrogens is 2. The zero-order chi connectivity index (χ0) is 24.0. The third-order valence-electron chi connectivity index (χ3n) is 6.00. The van der Waals surface area contributed by atoms with Gasteiger partial charge < -0.3 is 0 Å². The maximum absolute atomic E-state index is 13.3. The van der Waals surface area contributed by atoms with Crippen molar-refractivity contribution in [3.05, 3.63) is 88.9 Å². The van der Waals surface area contributed by atoms with Gasteiger partial charge in [0.15, 0.2) is 9.84 Å². The molecule has 0 bridgehead atoms. The largest absolute Gasteiger partial charge is 0.236 e. The van der Waals surface area contributed by atoms with Crippen LogP contribution in [0.1, 0.15) is 56.4 Å². The molecule has 4 nitrogen and oxygen atoms in total. The maximum Gasteiger partial charge on any atom is 0.184 e. The fraction of sp³-hybridized carbons (Fsp3) is 0.321. The summed E-state index contributed by atoms with van der Waals surface area (Å²) in [5.74, 6) is -0.0999. The van der Waals surface area contributed by atoms with Crippen LogP contribution in [0.3, 0.4) is 0 Å². The lowest BCUT2D eigenvalue weighted by molar-refractivity contribution is 0.593. The lowest BCUT2D eigenvalue weighted by Crippen LogP contribution is -2.10. The van der Waals surface area contributed by atoms with E-state index in [9.17, 15) is 8.42 Å². The highest BCUT2D eigenvalue weighted by Gasteiger charge is 2.21. The molecule has 0 aliphatic heterocycles. The van der Waals surface area contributed by atoms with Crippen molar-refractivity contribution in [1.82, 2.24) is 9.78 Å². The molecule has 0 radical (unpaired) electrons. The Bertz CT molecular complexity index is 1290. The van der Waals surface area contributed by atoms with E-state index in [1.165, 1.54) is 11.1 Å². The molecule has 0 amide bonds. The average molecular weight is 493 g/mol. The average Bonchev–Trinajstić information content (AvgIpc) is 3.52. The second kappa shape index (κ2) is 11.2. The fourth-order valence-electron chi connectivity index (χ4n) is 4.00. The van der Waals surface area contributed by atoms with Crippen LogP contribution in [-0.2, 0) is 28.4 Å². The van der Waals surface area contributed by atoms with Crippen LogP contribution in [0.15, 0.2) is 77.0 Å². The number of nitrogens with zero attached hydrogens (tertiary/aromatic N) is 2. The molecule has 0 fully saturated rings. The van der Waals surface area contributed by atoms with Crippen molar-refractivity contribution in [1.29, 1.82) is 0 Å². The van der Waals surface area contributed by atoms with E-state index < -0.39 is 9.84 Å². The van der Waals surface area contributed by atoms with Crippen molar-refractivity contribution >= 4 is 21.2 Å². The Morgan fingerprint density at radius 2 is 1.47 bits per heavy atom. The van der Waals surface area contributed by atoms with E-state index in [0.29, 0.717) is 10.6 Å². The van der Waals surface area contributed by atoms with E-state index in [0.717, 1.165) is 54.8 Å². The van der Waals surface area contributed by atoms with Gasteiger partial charge in [-0.1, -0.05) is 57.0 Å². The molecule has 6 heteroatoms. The number of aryl methyl sites for hydroxylation is 2. The van der Waals surface area contributed by atoms with E-state index >= 15 is 0 Å². The molecule has 0 saturated heterocycles. The molecule has 0 aliphatic rings. The molecule has 2 heterocycles. The lowest BCUT2D eigenvalue weighted by Gasteiger charge is -2.10. The number of sulfone groups is 1. The van der Waals surface area contributed by atoms with Crippen LogP contribution in [0.5, 0.6) is 0 Å². The summed E-state index contributed by atoms with van der Waals surface area (Å²) in [4.78, 5) is 1.38. The predicted octanol–water partition coefficient (Wildman–Crippen LogP) is 7.26. The van der Waals surface area contributed by atoms with Gasteiger partial charge in [-0.2, -0.15) is 5.10 Å². The first-order chi connectivity index (χ1) is 16.5. The van der Waals surface area contributed by atoms with E-state index in [-0.39, 0.29) is 5.75 Å². The van der Waals surface area contributed by atoms with Crippen molar-refractivity contribution < 1.29 is 8.42 Å². The highest BCUT2D eigenvalue weighted by molar-refractivity contribution is 7.90. The summed E-state index contributed by atoms with van der Waals surface area (Å²) in [5.41, 5.74) is 4.80. The normalized spacial score (nSPS) is 11.7. The lowest BCUT2D eigenvalue weighted by atomic mass is 10.1. The Morgan fingerprint density at radius 1 is 0.853 bits per heavy atom. The van der Waals surface area contributed by atoms with Gasteiger partial charge in [0.25, 0.3) is 0 Å². The molecule has 0 N–H and O–H groups in total. The molecule has 0 unspecified atom stereocenters. The molecular weight excluding hydrogens is 460 g/mol. The SMILES string of the molecule is CCCCc1ccc(-n2nc(-c3cccs3)cc2CS(=O)(=O)c2ccc(CCCC)cc2)cc1. The number of hydrogen-bond donors (Lipinski definition) is 0. The highest BCUT2D eigenvalue weighted by atomic mass is 32.2. The Labute approximate surface area is 207 Å². The molecule has 0 saturated carbocycles. The summed E-state index contributed by atoms with van der Waals surface area (Å²) >= 11 is 1.60. The number of benzene rings is 2. The molecule has 2 aromatic heterocycles.